The average Bonchev–Trinajstić information content (AvgIpc) is 3.13. The van der Waals surface area contributed by atoms with Crippen LogP contribution < -0.4 is 0 Å². The summed E-state index contributed by atoms with van der Waals surface area (Å²) >= 11 is 0. The summed E-state index contributed by atoms with van der Waals surface area (Å²) in [7, 11) is 0. The summed E-state index contributed by atoms with van der Waals surface area (Å²) < 4.78 is 1.74. The number of aryl methyl sites for hydroxylation is 1. The lowest BCUT2D eigenvalue weighted by atomic mass is 9.76. The van der Waals surface area contributed by atoms with Gasteiger partial charge in [0.05, 0.1) is 6.54 Å². The lowest BCUT2D eigenvalue weighted by Gasteiger charge is -2.41. The van der Waals surface area contributed by atoms with Crippen molar-refractivity contribution < 1.29 is 4.79 Å². The van der Waals surface area contributed by atoms with Gasteiger partial charge in [0, 0.05) is 24.1 Å². The maximum atomic E-state index is 13.1. The first kappa shape index (κ1) is 18.3. The Morgan fingerprint density at radius 1 is 1.11 bits per heavy atom. The van der Waals surface area contributed by atoms with Crippen LogP contribution in [0.2, 0.25) is 0 Å². The highest BCUT2D eigenvalue weighted by molar-refractivity contribution is 5.94. The van der Waals surface area contributed by atoms with Crippen molar-refractivity contribution in [2.75, 3.05) is 13.1 Å². The molecule has 0 N–H and O–H groups in total. The molecule has 0 aliphatic carbocycles. The summed E-state index contributed by atoms with van der Waals surface area (Å²) in [5.41, 5.74) is 3.11. The van der Waals surface area contributed by atoms with Gasteiger partial charge in [0.1, 0.15) is 5.82 Å². The smallest absolute Gasteiger partial charge is 0.253 e. The summed E-state index contributed by atoms with van der Waals surface area (Å²) in [6.45, 7) is 6.30. The normalized spacial score (nSPS) is 19.6. The summed E-state index contributed by atoms with van der Waals surface area (Å²) in [4.78, 5) is 15.1. The number of carbonyl (C=O) groups excluding carboxylic acids is 1. The summed E-state index contributed by atoms with van der Waals surface area (Å²) in [5, 5.41) is 11.5. The van der Waals surface area contributed by atoms with E-state index in [1.54, 1.807) is 4.68 Å². The van der Waals surface area contributed by atoms with Gasteiger partial charge in [0.15, 0.2) is 0 Å². The number of aromatic nitrogens is 4. The highest BCUT2D eigenvalue weighted by Crippen LogP contribution is 2.34. The Labute approximate surface area is 165 Å². The molecule has 1 saturated heterocycles. The first-order valence-corrected chi connectivity index (χ1v) is 9.72. The molecule has 1 fully saturated rings. The molecule has 2 aromatic carbocycles. The number of nitrogens with zero attached hydrogens (tertiary/aromatic N) is 5. The van der Waals surface area contributed by atoms with E-state index in [9.17, 15) is 4.79 Å². The van der Waals surface area contributed by atoms with Gasteiger partial charge in [-0.3, -0.25) is 4.79 Å². The van der Waals surface area contributed by atoms with Crippen LogP contribution in [-0.2, 0) is 12.0 Å². The second-order valence-electron chi connectivity index (χ2n) is 7.84. The molecule has 6 nitrogen and oxygen atoms in total. The van der Waals surface area contributed by atoms with Crippen molar-refractivity contribution in [3.63, 3.8) is 0 Å². The van der Waals surface area contributed by atoms with Crippen LogP contribution in [0.4, 0.5) is 0 Å². The van der Waals surface area contributed by atoms with Crippen molar-refractivity contribution in [2.24, 2.45) is 0 Å². The standard InChI is InChI=1S/C22H25N5O/c1-17-23-24-25-27(17)15-18-9-11-19(12-10-18)21(28)26-14-6-13-22(2,16-26)20-7-4-3-5-8-20/h3-5,7-12H,6,13-16H2,1-2H3. The van der Waals surface area contributed by atoms with Crippen LogP contribution in [0.1, 0.15) is 47.1 Å². The second-order valence-corrected chi connectivity index (χ2v) is 7.84. The molecule has 0 radical (unpaired) electrons. The van der Waals surface area contributed by atoms with Crippen LogP contribution in [-0.4, -0.2) is 44.1 Å². The van der Waals surface area contributed by atoms with Crippen molar-refractivity contribution >= 4 is 5.91 Å². The van der Waals surface area contributed by atoms with Gasteiger partial charge < -0.3 is 4.90 Å². The lowest BCUT2D eigenvalue weighted by Crippen LogP contribution is -2.47. The zero-order chi connectivity index (χ0) is 19.6. The van der Waals surface area contributed by atoms with E-state index in [2.05, 4.69) is 46.7 Å². The molecule has 1 aliphatic heterocycles. The van der Waals surface area contributed by atoms with Crippen molar-refractivity contribution in [1.29, 1.82) is 0 Å². The van der Waals surface area contributed by atoms with E-state index >= 15 is 0 Å². The predicted molar refractivity (Wildman–Crippen MR) is 107 cm³/mol. The number of piperidine rings is 1. The van der Waals surface area contributed by atoms with Crippen molar-refractivity contribution in [2.45, 2.75) is 38.6 Å². The second kappa shape index (κ2) is 7.54. The number of hydrogen-bond acceptors (Lipinski definition) is 4. The Kier molecular flexibility index (Phi) is 4.94. The molecule has 1 atom stereocenters. The van der Waals surface area contributed by atoms with E-state index in [1.165, 1.54) is 5.56 Å². The maximum absolute atomic E-state index is 13.1. The number of carbonyl (C=O) groups is 1. The summed E-state index contributed by atoms with van der Waals surface area (Å²) in [6.07, 6.45) is 2.12. The van der Waals surface area contributed by atoms with Gasteiger partial charge >= 0.3 is 0 Å². The lowest BCUT2D eigenvalue weighted by molar-refractivity contribution is 0.0651. The Morgan fingerprint density at radius 3 is 2.54 bits per heavy atom. The topological polar surface area (TPSA) is 63.9 Å². The molecular weight excluding hydrogens is 350 g/mol. The number of rotatable bonds is 4. The van der Waals surface area contributed by atoms with Crippen LogP contribution >= 0.6 is 0 Å². The van der Waals surface area contributed by atoms with Gasteiger partial charge in [0.2, 0.25) is 0 Å². The van der Waals surface area contributed by atoms with Gasteiger partial charge in [-0.05, 0) is 53.5 Å². The van der Waals surface area contributed by atoms with E-state index in [0.717, 1.165) is 42.9 Å². The first-order chi connectivity index (χ1) is 13.5. The van der Waals surface area contributed by atoms with E-state index in [1.807, 2.05) is 42.2 Å². The number of tetrazole rings is 1. The van der Waals surface area contributed by atoms with E-state index in [0.29, 0.717) is 6.54 Å². The van der Waals surface area contributed by atoms with Crippen LogP contribution in [0, 0.1) is 6.92 Å². The molecule has 0 spiro atoms. The van der Waals surface area contributed by atoms with Crippen molar-refractivity contribution in [3.8, 4) is 0 Å². The van der Waals surface area contributed by atoms with E-state index < -0.39 is 0 Å². The third-order valence-corrected chi connectivity index (χ3v) is 5.70. The molecule has 28 heavy (non-hydrogen) atoms. The molecule has 3 aromatic rings. The van der Waals surface area contributed by atoms with Gasteiger partial charge in [-0.25, -0.2) is 4.68 Å². The zero-order valence-electron chi connectivity index (χ0n) is 16.4. The molecule has 0 saturated carbocycles. The minimum atomic E-state index is 0.00668. The van der Waals surface area contributed by atoms with Gasteiger partial charge in [0.25, 0.3) is 5.91 Å². The molecule has 0 bridgehead atoms. The molecular formula is C22H25N5O. The molecule has 1 unspecified atom stereocenters. The largest absolute Gasteiger partial charge is 0.338 e. The SMILES string of the molecule is Cc1nnnn1Cc1ccc(C(=O)N2CCCC(C)(c3ccccc3)C2)cc1. The predicted octanol–water partition coefficient (Wildman–Crippen LogP) is 3.22. The van der Waals surface area contributed by atoms with Crippen molar-refractivity contribution in [1.82, 2.24) is 25.1 Å². The number of amides is 1. The Balaban J connectivity index is 1.47. The van der Waals surface area contributed by atoms with Gasteiger partial charge in [-0.15, -0.1) is 5.10 Å². The van der Waals surface area contributed by atoms with E-state index in [4.69, 9.17) is 0 Å². The fourth-order valence-corrected chi connectivity index (χ4v) is 3.99. The van der Waals surface area contributed by atoms with Crippen molar-refractivity contribution in [3.05, 3.63) is 77.1 Å². The van der Waals surface area contributed by atoms with Gasteiger partial charge in [-0.2, -0.15) is 0 Å². The third-order valence-electron chi connectivity index (χ3n) is 5.70. The minimum absolute atomic E-state index is 0.00668. The third kappa shape index (κ3) is 3.67. The molecule has 1 aliphatic rings. The van der Waals surface area contributed by atoms with Crippen LogP contribution in [0.5, 0.6) is 0 Å². The Bertz CT molecular complexity index is 951. The molecule has 4 rings (SSSR count). The monoisotopic (exact) mass is 375 g/mol. The van der Waals surface area contributed by atoms with E-state index in [-0.39, 0.29) is 11.3 Å². The minimum Gasteiger partial charge on any atom is -0.338 e. The van der Waals surface area contributed by atoms with Crippen LogP contribution in [0.3, 0.4) is 0 Å². The average molecular weight is 375 g/mol. The summed E-state index contributed by atoms with van der Waals surface area (Å²) in [5.74, 6) is 0.876. The number of benzene rings is 2. The number of likely N-dealkylation sites (tertiary alicyclic amines) is 1. The maximum Gasteiger partial charge on any atom is 0.253 e. The Morgan fingerprint density at radius 2 is 1.86 bits per heavy atom. The molecule has 2 heterocycles. The summed E-state index contributed by atoms with van der Waals surface area (Å²) in [6, 6.07) is 18.3. The fourth-order valence-electron chi connectivity index (χ4n) is 3.99. The Hall–Kier alpha value is -3.02. The first-order valence-electron chi connectivity index (χ1n) is 9.72. The van der Waals surface area contributed by atoms with Gasteiger partial charge in [-0.1, -0.05) is 49.4 Å². The molecule has 144 valence electrons. The van der Waals surface area contributed by atoms with Crippen LogP contribution in [0.25, 0.3) is 0 Å². The molecule has 6 heteroatoms. The van der Waals surface area contributed by atoms with Crippen LogP contribution in [0.15, 0.2) is 54.6 Å². The highest BCUT2D eigenvalue weighted by atomic mass is 16.2. The fraction of sp³-hybridized carbons (Fsp3) is 0.364. The molecule has 1 amide bonds. The number of hydrogen-bond donors (Lipinski definition) is 0. The zero-order valence-corrected chi connectivity index (χ0v) is 16.4. The highest BCUT2D eigenvalue weighted by Gasteiger charge is 2.34. The molecule has 1 aromatic heterocycles. The quantitative estimate of drug-likeness (QED) is 0.702.